The third-order valence-corrected chi connectivity index (χ3v) is 3.02. The van der Waals surface area contributed by atoms with Crippen molar-refractivity contribution in [3.8, 4) is 17.2 Å². The van der Waals surface area contributed by atoms with Gasteiger partial charge in [0, 0.05) is 11.5 Å². The topological polar surface area (TPSA) is 64.4 Å². The Hall–Kier alpha value is -2.51. The third-order valence-electron chi connectivity index (χ3n) is 3.02. The molecule has 2 rings (SSSR count). The molecule has 1 aromatic heterocycles. The molecule has 1 aromatic carbocycles. The molecule has 0 fully saturated rings. The van der Waals surface area contributed by atoms with E-state index in [9.17, 15) is 18.0 Å². The zero-order valence-corrected chi connectivity index (χ0v) is 12.7. The van der Waals surface area contributed by atoms with Crippen LogP contribution in [0, 0.1) is 0 Å². The number of alkyl halides is 3. The number of nitrogens with one attached hydrogen (secondary N) is 1. The van der Waals surface area contributed by atoms with Crippen LogP contribution in [0.25, 0.3) is 11.5 Å². The molecule has 5 nitrogen and oxygen atoms in total. The monoisotopic (exact) mass is 328 g/mol. The van der Waals surface area contributed by atoms with Crippen molar-refractivity contribution < 1.29 is 27.1 Å². The van der Waals surface area contributed by atoms with Crippen LogP contribution in [0.2, 0.25) is 0 Å². The fraction of sp³-hybridized carbons (Fsp3) is 0.333. The molecule has 0 bridgehead atoms. The summed E-state index contributed by atoms with van der Waals surface area (Å²) in [7, 11) is 1.52. The highest BCUT2D eigenvalue weighted by atomic mass is 19.4. The predicted octanol–water partition coefficient (Wildman–Crippen LogP) is 3.97. The van der Waals surface area contributed by atoms with Gasteiger partial charge in [-0.25, -0.2) is 4.98 Å². The van der Waals surface area contributed by atoms with Crippen LogP contribution in [0.15, 0.2) is 28.7 Å². The molecule has 0 radical (unpaired) electrons. The highest BCUT2D eigenvalue weighted by molar-refractivity contribution is 5.94. The number of rotatable bonds is 4. The molecule has 0 aliphatic rings. The Labute approximate surface area is 130 Å². The molecule has 0 atom stereocenters. The van der Waals surface area contributed by atoms with E-state index in [1.807, 2.05) is 0 Å². The van der Waals surface area contributed by atoms with Gasteiger partial charge in [-0.3, -0.25) is 10.1 Å². The number of oxazole rings is 1. The van der Waals surface area contributed by atoms with Gasteiger partial charge in [0.25, 0.3) is 0 Å². The number of anilines is 1. The fourth-order valence-corrected chi connectivity index (χ4v) is 1.84. The molecular formula is C15H15F3N2O3. The summed E-state index contributed by atoms with van der Waals surface area (Å²) in [5.41, 5.74) is 0.800. The number of nitrogens with zero attached hydrogens (tertiary/aromatic N) is 1. The Morgan fingerprint density at radius 3 is 2.35 bits per heavy atom. The molecule has 0 saturated carbocycles. The quantitative estimate of drug-likeness (QED) is 0.922. The van der Waals surface area contributed by atoms with Gasteiger partial charge in [0.1, 0.15) is 11.4 Å². The lowest BCUT2D eigenvalue weighted by molar-refractivity contribution is -0.167. The Balaban J connectivity index is 2.36. The first kappa shape index (κ1) is 16.9. The molecule has 0 aliphatic carbocycles. The minimum atomic E-state index is -5.00. The zero-order chi connectivity index (χ0) is 17.2. The van der Waals surface area contributed by atoms with Crippen molar-refractivity contribution in [2.75, 3.05) is 12.4 Å². The van der Waals surface area contributed by atoms with Gasteiger partial charge >= 0.3 is 12.1 Å². The Morgan fingerprint density at radius 1 is 1.26 bits per heavy atom. The van der Waals surface area contributed by atoms with E-state index in [-0.39, 0.29) is 23.4 Å². The number of amides is 1. The lowest BCUT2D eigenvalue weighted by Crippen LogP contribution is -2.30. The Bertz CT molecular complexity index is 691. The van der Waals surface area contributed by atoms with Crippen LogP contribution in [0.4, 0.5) is 19.1 Å². The standard InChI is InChI=1S/C15H15F3N2O3/c1-8(2)11-13(20-14(21)15(16,17)18)23-12(19-11)9-4-6-10(22-3)7-5-9/h4-8H,1-3H3,(H,20,21). The molecule has 1 N–H and O–H groups in total. The number of ether oxygens (including phenoxy) is 1. The van der Waals surface area contributed by atoms with E-state index in [2.05, 4.69) is 4.98 Å². The number of carbonyl (C=O) groups excluding carboxylic acids is 1. The number of methoxy groups -OCH3 is 1. The summed E-state index contributed by atoms with van der Waals surface area (Å²) in [4.78, 5) is 15.3. The summed E-state index contributed by atoms with van der Waals surface area (Å²) in [5, 5.41) is 1.73. The molecule has 23 heavy (non-hydrogen) atoms. The van der Waals surface area contributed by atoms with Gasteiger partial charge < -0.3 is 9.15 Å². The van der Waals surface area contributed by atoms with E-state index in [4.69, 9.17) is 9.15 Å². The summed E-state index contributed by atoms with van der Waals surface area (Å²) in [5.74, 6) is -1.89. The van der Waals surface area contributed by atoms with E-state index in [1.54, 1.807) is 43.4 Å². The van der Waals surface area contributed by atoms with Gasteiger partial charge in [-0.15, -0.1) is 0 Å². The van der Waals surface area contributed by atoms with Crippen LogP contribution in [0.5, 0.6) is 5.75 Å². The molecule has 0 spiro atoms. The highest BCUT2D eigenvalue weighted by Crippen LogP contribution is 2.32. The average molecular weight is 328 g/mol. The van der Waals surface area contributed by atoms with Gasteiger partial charge in [0.2, 0.25) is 11.8 Å². The second-order valence-corrected chi connectivity index (χ2v) is 5.07. The van der Waals surface area contributed by atoms with Crippen molar-refractivity contribution in [2.45, 2.75) is 25.9 Å². The first-order valence-corrected chi connectivity index (χ1v) is 6.75. The molecular weight excluding hydrogens is 313 g/mol. The normalized spacial score (nSPS) is 11.6. The van der Waals surface area contributed by atoms with Crippen molar-refractivity contribution in [3.63, 3.8) is 0 Å². The maximum absolute atomic E-state index is 12.4. The van der Waals surface area contributed by atoms with Gasteiger partial charge in [-0.2, -0.15) is 13.2 Å². The van der Waals surface area contributed by atoms with Crippen LogP contribution in [-0.2, 0) is 4.79 Å². The molecule has 8 heteroatoms. The van der Waals surface area contributed by atoms with E-state index >= 15 is 0 Å². The van der Waals surface area contributed by atoms with Crippen molar-refractivity contribution in [2.24, 2.45) is 0 Å². The third kappa shape index (κ3) is 3.82. The summed E-state index contributed by atoms with van der Waals surface area (Å²) < 4.78 is 47.5. The number of benzene rings is 1. The SMILES string of the molecule is COc1ccc(-c2nc(C(C)C)c(NC(=O)C(F)(F)F)o2)cc1. The van der Waals surface area contributed by atoms with Crippen molar-refractivity contribution in [1.82, 2.24) is 4.98 Å². The van der Waals surface area contributed by atoms with E-state index < -0.39 is 12.1 Å². The molecule has 0 saturated heterocycles. The highest BCUT2D eigenvalue weighted by Gasteiger charge is 2.40. The first-order chi connectivity index (χ1) is 10.7. The van der Waals surface area contributed by atoms with Crippen LogP contribution in [-0.4, -0.2) is 24.2 Å². The van der Waals surface area contributed by atoms with Crippen LogP contribution >= 0.6 is 0 Å². The van der Waals surface area contributed by atoms with Crippen LogP contribution in [0.3, 0.4) is 0 Å². The predicted molar refractivity (Wildman–Crippen MR) is 77.3 cm³/mol. The number of carbonyl (C=O) groups is 1. The van der Waals surface area contributed by atoms with Gasteiger partial charge in [-0.1, -0.05) is 13.8 Å². The molecule has 0 aliphatic heterocycles. The second kappa shape index (κ2) is 6.31. The number of hydrogen-bond donors (Lipinski definition) is 1. The summed E-state index contributed by atoms with van der Waals surface area (Å²) in [6.45, 7) is 3.47. The smallest absolute Gasteiger partial charge is 0.471 e. The lowest BCUT2D eigenvalue weighted by Gasteiger charge is -2.07. The molecule has 0 unspecified atom stereocenters. The van der Waals surface area contributed by atoms with Crippen molar-refractivity contribution in [1.29, 1.82) is 0 Å². The van der Waals surface area contributed by atoms with Crippen LogP contribution in [0.1, 0.15) is 25.5 Å². The summed E-state index contributed by atoms with van der Waals surface area (Å²) in [6.07, 6.45) is -5.00. The average Bonchev–Trinajstić information content (AvgIpc) is 2.90. The van der Waals surface area contributed by atoms with E-state index in [1.165, 1.54) is 7.11 Å². The van der Waals surface area contributed by atoms with E-state index in [0.29, 0.717) is 11.3 Å². The lowest BCUT2D eigenvalue weighted by atomic mass is 10.1. The van der Waals surface area contributed by atoms with Gasteiger partial charge in [0.15, 0.2) is 0 Å². The Kier molecular flexibility index (Phi) is 4.63. The molecule has 124 valence electrons. The van der Waals surface area contributed by atoms with Crippen LogP contribution < -0.4 is 10.1 Å². The maximum atomic E-state index is 12.4. The molecule has 1 heterocycles. The van der Waals surface area contributed by atoms with Gasteiger partial charge in [-0.05, 0) is 24.3 Å². The number of aromatic nitrogens is 1. The second-order valence-electron chi connectivity index (χ2n) is 5.07. The van der Waals surface area contributed by atoms with Crippen molar-refractivity contribution in [3.05, 3.63) is 30.0 Å². The van der Waals surface area contributed by atoms with Crippen molar-refractivity contribution >= 4 is 11.8 Å². The zero-order valence-electron chi connectivity index (χ0n) is 12.7. The number of hydrogen-bond acceptors (Lipinski definition) is 4. The minimum Gasteiger partial charge on any atom is -0.497 e. The molecule has 1 amide bonds. The number of halogens is 3. The largest absolute Gasteiger partial charge is 0.497 e. The summed E-state index contributed by atoms with van der Waals surface area (Å²) >= 11 is 0. The fourth-order valence-electron chi connectivity index (χ4n) is 1.84. The Morgan fingerprint density at radius 2 is 1.87 bits per heavy atom. The summed E-state index contributed by atoms with van der Waals surface area (Å²) in [6, 6.07) is 6.65. The van der Waals surface area contributed by atoms with Gasteiger partial charge in [0.05, 0.1) is 7.11 Å². The molecule has 2 aromatic rings. The first-order valence-electron chi connectivity index (χ1n) is 6.75. The van der Waals surface area contributed by atoms with E-state index in [0.717, 1.165) is 0 Å². The minimum absolute atomic E-state index is 0.119. The maximum Gasteiger partial charge on any atom is 0.471 e.